The predicted molar refractivity (Wildman–Crippen MR) is 377 cm³/mol. The van der Waals surface area contributed by atoms with E-state index in [0.717, 1.165) is 67.3 Å². The third-order valence-electron chi connectivity index (χ3n) is 15.5. The number of amidine groups is 3. The summed E-state index contributed by atoms with van der Waals surface area (Å²) >= 11 is 14.9. The molecule has 2 fully saturated rings. The number of nitrogens with one attached hydrogen (secondary N) is 8. The van der Waals surface area contributed by atoms with E-state index in [2.05, 4.69) is 67.8 Å². The van der Waals surface area contributed by atoms with Crippen molar-refractivity contribution in [1.29, 1.82) is 10.8 Å². The number of amides is 6. The molecule has 6 aromatic carbocycles. The van der Waals surface area contributed by atoms with E-state index in [1.54, 1.807) is 59.6 Å². The molecule has 8 N–H and O–H groups in total. The summed E-state index contributed by atoms with van der Waals surface area (Å²) in [4.78, 5) is 98.3. The minimum Gasteiger partial charge on any atom is -0.378 e. The molecule has 3 aliphatic heterocycles. The van der Waals surface area contributed by atoms with Crippen LogP contribution < -0.4 is 31.9 Å². The smallest absolute Gasteiger partial charge is 0.259 e. The van der Waals surface area contributed by atoms with E-state index in [0.29, 0.717) is 71.2 Å². The standard InChI is InChI=1S/C24H21BrFN5O2.C24H20ClF2N5O3.C23H18ClF2N5O2/c25-16-8-10-21(28-14-16)30-24(33)18-5-1-2-6-20(18)29-23(32)17-9-7-15(13-19(17)26)22(27)31-11-3-4-12-31;25-15-2-6-21(29-13-15)31-24(34)18-12-16(26)3-5-20(18)30-23(33)17-4-1-14(11-19(17)27)22(28)32-7-9-35-10-8-32;1-31-9-8-27-21(31)13-2-5-16(18(26)10-13)22(32)29-19-6-4-15(25)11-17(19)23(33)30-20-7-3-14(24)12-28-20/h1-2,5-10,13-14,27H,3-4,11-12H2,(H,29,32)(H,28,30,33);1-6,11-13,28H,7-10H2,(H,30,33)(H,29,31,34);2-7,10-12H,8-9H2,1H3,(H,29,32)(H,28,30,33). The Morgan fingerprint density at radius 3 is 1.32 bits per heavy atom. The Kier molecular flexibility index (Phi) is 24.0. The molecule has 3 aromatic heterocycles. The summed E-state index contributed by atoms with van der Waals surface area (Å²) in [6, 6.07) is 34.5. The molecule has 101 heavy (non-hydrogen) atoms. The Labute approximate surface area is 592 Å². The fraction of sp³-hybridized carbons (Fsp3) is 0.155. The average Bonchev–Trinajstić information content (AvgIpc) is 1.42. The van der Waals surface area contributed by atoms with E-state index in [1.807, 2.05) is 16.8 Å². The molecule has 0 atom stereocenters. The summed E-state index contributed by atoms with van der Waals surface area (Å²) in [6.07, 6.45) is 6.25. The second-order valence-electron chi connectivity index (χ2n) is 22.4. The fourth-order valence-corrected chi connectivity index (χ4v) is 10.8. The number of rotatable bonds is 15. The number of halogens is 8. The molecule has 12 rings (SSSR count). The third-order valence-corrected chi connectivity index (χ3v) is 16.4. The van der Waals surface area contributed by atoms with Crippen LogP contribution in [0.1, 0.15) is 91.7 Å². The number of aliphatic imine (C=N–C) groups is 1. The van der Waals surface area contributed by atoms with Gasteiger partial charge in [-0.1, -0.05) is 53.5 Å². The third kappa shape index (κ3) is 18.9. The zero-order valence-corrected chi connectivity index (χ0v) is 56.3. The normalized spacial score (nSPS) is 13.1. The number of benzene rings is 6. The maximum atomic E-state index is 14.8. The van der Waals surface area contributed by atoms with Gasteiger partial charge in [0.05, 0.1) is 80.2 Å². The molecule has 30 heteroatoms. The Hall–Kier alpha value is -11.3. The van der Waals surface area contributed by atoms with E-state index in [-0.39, 0.29) is 73.7 Å². The first-order valence-electron chi connectivity index (χ1n) is 30.9. The van der Waals surface area contributed by atoms with Crippen molar-refractivity contribution in [3.63, 3.8) is 0 Å². The predicted octanol–water partition coefficient (Wildman–Crippen LogP) is 13.3. The van der Waals surface area contributed by atoms with E-state index < -0.39 is 64.5 Å². The number of aromatic nitrogens is 3. The highest BCUT2D eigenvalue weighted by atomic mass is 79.9. The van der Waals surface area contributed by atoms with Crippen LogP contribution in [0.15, 0.2) is 180 Å². The highest BCUT2D eigenvalue weighted by Crippen LogP contribution is 2.27. The minimum absolute atomic E-state index is 0.0104. The maximum absolute atomic E-state index is 14.8. The zero-order chi connectivity index (χ0) is 71.9. The van der Waals surface area contributed by atoms with Crippen LogP contribution in [-0.2, 0) is 4.74 Å². The summed E-state index contributed by atoms with van der Waals surface area (Å²) in [5.41, 5.74) is 0.719. The van der Waals surface area contributed by atoms with Gasteiger partial charge in [-0.05, 0) is 150 Å². The van der Waals surface area contributed by atoms with Crippen LogP contribution in [-0.4, -0.2) is 142 Å². The molecule has 2 saturated heterocycles. The van der Waals surface area contributed by atoms with Crippen LogP contribution >= 0.6 is 39.1 Å². The summed E-state index contributed by atoms with van der Waals surface area (Å²) in [7, 11) is 1.85. The van der Waals surface area contributed by atoms with E-state index >= 15 is 0 Å². The molecule has 0 radical (unpaired) electrons. The van der Waals surface area contributed by atoms with Gasteiger partial charge < -0.3 is 51.3 Å². The number of likely N-dealkylation sites (tertiary alicyclic amines) is 1. The number of hydrogen-bond acceptors (Lipinski definition) is 14. The number of carbonyl (C=O) groups is 6. The second kappa shape index (κ2) is 33.5. The van der Waals surface area contributed by atoms with Crippen molar-refractivity contribution in [3.8, 4) is 0 Å². The van der Waals surface area contributed by atoms with Crippen molar-refractivity contribution in [2.24, 2.45) is 4.99 Å². The van der Waals surface area contributed by atoms with Gasteiger partial charge in [0.25, 0.3) is 35.4 Å². The number of para-hydroxylation sites is 1. The molecule has 6 amide bonds. The van der Waals surface area contributed by atoms with Gasteiger partial charge in [0.1, 0.15) is 64.0 Å². The molecule has 9 aromatic rings. The topological polar surface area (TPSA) is 292 Å². The van der Waals surface area contributed by atoms with Crippen molar-refractivity contribution >= 4 is 127 Å². The first-order valence-corrected chi connectivity index (χ1v) is 32.4. The molecule has 0 bridgehead atoms. The van der Waals surface area contributed by atoms with Gasteiger partial charge in [-0.3, -0.25) is 44.6 Å². The summed E-state index contributed by atoms with van der Waals surface area (Å²) < 4.78 is 78.1. The van der Waals surface area contributed by atoms with E-state index in [4.69, 9.17) is 38.8 Å². The fourth-order valence-electron chi connectivity index (χ4n) is 10.4. The highest BCUT2D eigenvalue weighted by Gasteiger charge is 2.26. The summed E-state index contributed by atoms with van der Waals surface area (Å²) in [5, 5.41) is 32.5. The number of anilines is 6. The van der Waals surface area contributed by atoms with Crippen LogP contribution in [0.3, 0.4) is 0 Å². The van der Waals surface area contributed by atoms with E-state index in [1.165, 1.54) is 85.2 Å². The van der Waals surface area contributed by atoms with Gasteiger partial charge in [-0.2, -0.15) is 0 Å². The molecule has 0 spiro atoms. The van der Waals surface area contributed by atoms with Gasteiger partial charge in [0, 0.05) is 79.5 Å². The molecule has 0 saturated carbocycles. The van der Waals surface area contributed by atoms with E-state index in [9.17, 15) is 50.7 Å². The summed E-state index contributed by atoms with van der Waals surface area (Å²) in [6.45, 7) is 4.90. The molecule has 516 valence electrons. The Morgan fingerprint density at radius 1 is 0.455 bits per heavy atom. The molecular weight excluding hydrogens is 1420 g/mol. The number of hydrogen-bond donors (Lipinski definition) is 8. The Balaban J connectivity index is 0.000000163. The summed E-state index contributed by atoms with van der Waals surface area (Å²) in [5.74, 6) is -6.16. The van der Waals surface area contributed by atoms with Gasteiger partial charge in [0.15, 0.2) is 0 Å². The zero-order valence-electron chi connectivity index (χ0n) is 53.2. The lowest BCUT2D eigenvalue weighted by Crippen LogP contribution is -2.40. The van der Waals surface area contributed by atoms with Crippen molar-refractivity contribution in [3.05, 3.63) is 264 Å². The maximum Gasteiger partial charge on any atom is 0.259 e. The quantitative estimate of drug-likeness (QED) is 0.0269. The van der Waals surface area contributed by atoms with Crippen LogP contribution in [0.5, 0.6) is 0 Å². The molecular formula is C71H59BrCl2F5N15O7. The second-order valence-corrected chi connectivity index (χ2v) is 24.2. The lowest BCUT2D eigenvalue weighted by atomic mass is 10.1. The van der Waals surface area contributed by atoms with Gasteiger partial charge in [-0.15, -0.1) is 0 Å². The first-order chi connectivity index (χ1) is 48.5. The Morgan fingerprint density at radius 2 is 0.881 bits per heavy atom. The average molecular weight is 1480 g/mol. The van der Waals surface area contributed by atoms with Crippen molar-refractivity contribution in [2.45, 2.75) is 12.8 Å². The van der Waals surface area contributed by atoms with Crippen LogP contribution in [0.25, 0.3) is 0 Å². The minimum atomic E-state index is -0.837. The lowest BCUT2D eigenvalue weighted by Gasteiger charge is -2.29. The highest BCUT2D eigenvalue weighted by molar-refractivity contribution is 9.10. The monoisotopic (exact) mass is 1480 g/mol. The SMILES string of the molecule is CN1CCN=C1c1ccc(C(=O)Nc2ccc(F)cc2C(=O)Nc2ccc(Cl)cn2)c(F)c1.N=C(c1ccc(C(=O)Nc2ccc(F)cc2C(=O)Nc2ccc(Cl)cn2)c(F)c1)N1CCOCC1.N=C(c1ccc(C(=O)Nc2ccccc2C(=O)Nc2ccc(Br)cn2)c(F)c1)N1CCCC1. The van der Waals surface area contributed by atoms with Crippen LogP contribution in [0, 0.1) is 39.9 Å². The number of nitrogens with zero attached hydrogens (tertiary/aromatic N) is 7. The lowest BCUT2D eigenvalue weighted by molar-refractivity contribution is 0.0679. The molecule has 3 aliphatic rings. The number of ether oxygens (including phenoxy) is 1. The largest absolute Gasteiger partial charge is 0.378 e. The van der Waals surface area contributed by atoms with Gasteiger partial charge >= 0.3 is 0 Å². The molecule has 0 aliphatic carbocycles. The Bertz CT molecular complexity index is 4690. The van der Waals surface area contributed by atoms with Crippen molar-refractivity contribution < 1.29 is 55.5 Å². The number of morpholine rings is 1. The number of carbonyl (C=O) groups excluding carboxylic acids is 6. The van der Waals surface area contributed by atoms with Crippen molar-refractivity contribution in [2.75, 3.05) is 91.4 Å². The van der Waals surface area contributed by atoms with Crippen LogP contribution in [0.2, 0.25) is 10.0 Å². The van der Waals surface area contributed by atoms with Crippen molar-refractivity contribution in [1.82, 2.24) is 29.7 Å². The molecule has 6 heterocycles. The van der Waals surface area contributed by atoms with Gasteiger partial charge in [-0.25, -0.2) is 36.9 Å². The van der Waals surface area contributed by atoms with Crippen LogP contribution in [0.4, 0.5) is 56.5 Å². The van der Waals surface area contributed by atoms with Gasteiger partial charge in [0.2, 0.25) is 0 Å². The molecule has 22 nitrogen and oxygen atoms in total. The number of likely N-dealkylation sites (N-methyl/N-ethyl adjacent to an activating group) is 1. The number of pyridine rings is 3. The molecule has 0 unspecified atom stereocenters. The first kappa shape index (κ1) is 72.4.